The summed E-state index contributed by atoms with van der Waals surface area (Å²) in [5.41, 5.74) is 2.31. The van der Waals surface area contributed by atoms with E-state index in [1.54, 1.807) is 11.3 Å². The Hall–Kier alpha value is -0.840. The minimum Gasteiger partial charge on any atom is -0.305 e. The SMILES string of the molecule is CCNC(c1scc(C)c1Cl)c1ccnn1CC. The highest BCUT2D eigenvalue weighted by Crippen LogP contribution is 2.35. The molecule has 3 nitrogen and oxygen atoms in total. The number of halogens is 1. The molecular formula is C13H18ClN3S. The Labute approximate surface area is 117 Å². The van der Waals surface area contributed by atoms with E-state index < -0.39 is 0 Å². The van der Waals surface area contributed by atoms with E-state index in [4.69, 9.17) is 11.6 Å². The predicted octanol–water partition coefficient (Wildman–Crippen LogP) is 3.63. The van der Waals surface area contributed by atoms with Crippen LogP contribution in [0.3, 0.4) is 0 Å². The Kier molecular flexibility index (Phi) is 4.43. The fraction of sp³-hybridized carbons (Fsp3) is 0.462. The van der Waals surface area contributed by atoms with Crippen molar-refractivity contribution in [3.05, 3.63) is 38.8 Å². The van der Waals surface area contributed by atoms with E-state index in [9.17, 15) is 0 Å². The lowest BCUT2D eigenvalue weighted by molar-refractivity contribution is 0.547. The van der Waals surface area contributed by atoms with Gasteiger partial charge in [0, 0.05) is 17.6 Å². The zero-order chi connectivity index (χ0) is 13.1. The number of nitrogens with zero attached hydrogens (tertiary/aromatic N) is 2. The van der Waals surface area contributed by atoms with Crippen LogP contribution < -0.4 is 5.32 Å². The third-order valence-corrected chi connectivity index (χ3v) is 4.72. The van der Waals surface area contributed by atoms with E-state index in [2.05, 4.69) is 35.7 Å². The Morgan fingerprint density at radius 2 is 2.28 bits per heavy atom. The molecule has 2 aromatic heterocycles. The van der Waals surface area contributed by atoms with Crippen molar-refractivity contribution in [3.63, 3.8) is 0 Å². The molecule has 1 unspecified atom stereocenters. The number of hydrogen-bond donors (Lipinski definition) is 1. The van der Waals surface area contributed by atoms with E-state index in [0.717, 1.165) is 23.7 Å². The van der Waals surface area contributed by atoms with Gasteiger partial charge in [0.05, 0.1) is 16.8 Å². The van der Waals surface area contributed by atoms with E-state index >= 15 is 0 Å². The third kappa shape index (κ3) is 2.46. The molecule has 0 aromatic carbocycles. The van der Waals surface area contributed by atoms with E-state index in [-0.39, 0.29) is 6.04 Å². The molecule has 0 fully saturated rings. The molecule has 0 aliphatic heterocycles. The summed E-state index contributed by atoms with van der Waals surface area (Å²) in [6.45, 7) is 8.01. The van der Waals surface area contributed by atoms with E-state index in [1.165, 1.54) is 10.6 Å². The maximum atomic E-state index is 6.39. The average molecular weight is 284 g/mol. The molecule has 0 aliphatic rings. The van der Waals surface area contributed by atoms with Crippen LogP contribution in [-0.2, 0) is 6.54 Å². The predicted molar refractivity (Wildman–Crippen MR) is 77.5 cm³/mol. The second kappa shape index (κ2) is 5.87. The van der Waals surface area contributed by atoms with Crippen molar-refractivity contribution in [3.8, 4) is 0 Å². The largest absolute Gasteiger partial charge is 0.305 e. The van der Waals surface area contributed by atoms with Crippen molar-refractivity contribution >= 4 is 22.9 Å². The molecular weight excluding hydrogens is 266 g/mol. The minimum absolute atomic E-state index is 0.128. The van der Waals surface area contributed by atoms with Crippen LogP contribution in [0.1, 0.15) is 36.0 Å². The first-order valence-electron chi connectivity index (χ1n) is 6.17. The van der Waals surface area contributed by atoms with Gasteiger partial charge in [-0.25, -0.2) is 0 Å². The zero-order valence-corrected chi connectivity index (χ0v) is 12.5. The number of nitrogens with one attached hydrogen (secondary N) is 1. The molecule has 1 N–H and O–H groups in total. The van der Waals surface area contributed by atoms with Gasteiger partial charge in [0.2, 0.25) is 0 Å². The summed E-state index contributed by atoms with van der Waals surface area (Å²) >= 11 is 8.10. The molecule has 1 atom stereocenters. The molecule has 0 spiro atoms. The first-order chi connectivity index (χ1) is 8.69. The van der Waals surface area contributed by atoms with E-state index in [0.29, 0.717) is 0 Å². The Balaban J connectivity index is 2.43. The second-order valence-electron chi connectivity index (χ2n) is 4.16. The molecule has 2 heterocycles. The first kappa shape index (κ1) is 13.6. The molecule has 18 heavy (non-hydrogen) atoms. The Morgan fingerprint density at radius 1 is 1.50 bits per heavy atom. The highest BCUT2D eigenvalue weighted by molar-refractivity contribution is 7.10. The summed E-state index contributed by atoms with van der Waals surface area (Å²) in [6.07, 6.45) is 1.84. The van der Waals surface area contributed by atoms with Crippen LogP contribution in [0.15, 0.2) is 17.6 Å². The minimum atomic E-state index is 0.128. The maximum absolute atomic E-state index is 6.39. The highest BCUT2D eigenvalue weighted by Gasteiger charge is 2.21. The van der Waals surface area contributed by atoms with Gasteiger partial charge in [-0.1, -0.05) is 18.5 Å². The lowest BCUT2D eigenvalue weighted by Gasteiger charge is -2.18. The van der Waals surface area contributed by atoms with Gasteiger partial charge in [-0.15, -0.1) is 11.3 Å². The summed E-state index contributed by atoms with van der Waals surface area (Å²) in [7, 11) is 0. The fourth-order valence-corrected chi connectivity index (χ4v) is 3.42. The molecule has 0 amide bonds. The van der Waals surface area contributed by atoms with Gasteiger partial charge in [-0.05, 0) is 37.4 Å². The molecule has 5 heteroatoms. The number of thiophene rings is 1. The van der Waals surface area contributed by atoms with Crippen molar-refractivity contribution in [2.45, 2.75) is 33.4 Å². The van der Waals surface area contributed by atoms with Gasteiger partial charge in [0.25, 0.3) is 0 Å². The standard InChI is InChI=1S/C13H18ClN3S/c1-4-15-12(10-6-7-16-17(10)5-2)13-11(14)9(3)8-18-13/h6-8,12,15H,4-5H2,1-3H3. The van der Waals surface area contributed by atoms with Crippen molar-refractivity contribution in [1.82, 2.24) is 15.1 Å². The average Bonchev–Trinajstić information content (AvgIpc) is 2.96. The van der Waals surface area contributed by atoms with Crippen LogP contribution in [0.2, 0.25) is 5.02 Å². The summed E-state index contributed by atoms with van der Waals surface area (Å²) in [6, 6.07) is 2.19. The summed E-state index contributed by atoms with van der Waals surface area (Å²) in [4.78, 5) is 1.17. The van der Waals surface area contributed by atoms with Crippen molar-refractivity contribution < 1.29 is 0 Å². The molecule has 98 valence electrons. The first-order valence-corrected chi connectivity index (χ1v) is 7.43. The van der Waals surface area contributed by atoms with Gasteiger partial charge >= 0.3 is 0 Å². The van der Waals surface area contributed by atoms with E-state index in [1.807, 2.05) is 17.8 Å². The molecule has 0 aliphatic carbocycles. The van der Waals surface area contributed by atoms with Crippen molar-refractivity contribution in [2.75, 3.05) is 6.54 Å². The number of aromatic nitrogens is 2. The second-order valence-corrected chi connectivity index (χ2v) is 5.45. The maximum Gasteiger partial charge on any atom is 0.0856 e. The van der Waals surface area contributed by atoms with Gasteiger partial charge in [0.15, 0.2) is 0 Å². The third-order valence-electron chi connectivity index (χ3n) is 2.94. The molecule has 0 saturated carbocycles. The number of hydrogen-bond acceptors (Lipinski definition) is 3. The smallest absolute Gasteiger partial charge is 0.0856 e. The highest BCUT2D eigenvalue weighted by atomic mass is 35.5. The van der Waals surface area contributed by atoms with Gasteiger partial charge < -0.3 is 5.32 Å². The quantitative estimate of drug-likeness (QED) is 0.908. The van der Waals surface area contributed by atoms with Crippen LogP contribution in [0.5, 0.6) is 0 Å². The topological polar surface area (TPSA) is 29.9 Å². The molecule has 2 aromatic rings. The summed E-state index contributed by atoms with van der Waals surface area (Å²) in [5, 5.41) is 10.8. The molecule has 0 saturated heterocycles. The van der Waals surface area contributed by atoms with Gasteiger partial charge in [-0.2, -0.15) is 5.10 Å². The summed E-state index contributed by atoms with van der Waals surface area (Å²) in [5.74, 6) is 0. The van der Waals surface area contributed by atoms with Gasteiger partial charge in [-0.3, -0.25) is 4.68 Å². The lowest BCUT2D eigenvalue weighted by atomic mass is 10.1. The van der Waals surface area contributed by atoms with Crippen LogP contribution in [0.4, 0.5) is 0 Å². The number of rotatable bonds is 5. The van der Waals surface area contributed by atoms with Crippen LogP contribution in [0, 0.1) is 6.92 Å². The molecule has 0 radical (unpaired) electrons. The molecule has 0 bridgehead atoms. The normalized spacial score (nSPS) is 12.9. The Bertz CT molecular complexity index is 518. The van der Waals surface area contributed by atoms with Gasteiger partial charge in [0.1, 0.15) is 0 Å². The zero-order valence-electron chi connectivity index (χ0n) is 10.9. The fourth-order valence-electron chi connectivity index (χ4n) is 2.03. The van der Waals surface area contributed by atoms with Crippen LogP contribution in [0.25, 0.3) is 0 Å². The monoisotopic (exact) mass is 283 g/mol. The Morgan fingerprint density at radius 3 is 2.83 bits per heavy atom. The van der Waals surface area contributed by atoms with Crippen LogP contribution in [-0.4, -0.2) is 16.3 Å². The molecule has 2 rings (SSSR count). The van der Waals surface area contributed by atoms with Crippen molar-refractivity contribution in [1.29, 1.82) is 0 Å². The summed E-state index contributed by atoms with van der Waals surface area (Å²) < 4.78 is 2.01. The van der Waals surface area contributed by atoms with Crippen molar-refractivity contribution in [2.24, 2.45) is 0 Å². The van der Waals surface area contributed by atoms with Crippen LogP contribution >= 0.6 is 22.9 Å². The number of aryl methyl sites for hydroxylation is 2. The lowest BCUT2D eigenvalue weighted by Crippen LogP contribution is -2.24.